The largest absolute Gasteiger partial charge is 0.257 e. The van der Waals surface area contributed by atoms with E-state index < -0.39 is 0 Å². The summed E-state index contributed by atoms with van der Waals surface area (Å²) >= 11 is 0. The lowest BCUT2D eigenvalue weighted by molar-refractivity contribution is 0.579. The number of para-hydroxylation sites is 1. The summed E-state index contributed by atoms with van der Waals surface area (Å²) in [4.78, 5) is 0. The van der Waals surface area contributed by atoms with Gasteiger partial charge in [0.25, 0.3) is 0 Å². The maximum Gasteiger partial charge on any atom is 0.128 e. The minimum Gasteiger partial charge on any atom is -0.257 e. The second-order valence-corrected chi connectivity index (χ2v) is 5.83. The van der Waals surface area contributed by atoms with Crippen LogP contribution in [0.1, 0.15) is 23.6 Å². The van der Waals surface area contributed by atoms with Crippen LogP contribution < -0.4 is 5.01 Å². The van der Waals surface area contributed by atoms with Gasteiger partial charge in [0, 0.05) is 12.0 Å². The fourth-order valence-electron chi connectivity index (χ4n) is 3.12. The smallest absolute Gasteiger partial charge is 0.128 e. The van der Waals surface area contributed by atoms with Crippen LogP contribution in [0.2, 0.25) is 0 Å². The maximum absolute atomic E-state index is 14.4. The summed E-state index contributed by atoms with van der Waals surface area (Å²) in [5.41, 5.74) is 3.71. The summed E-state index contributed by atoms with van der Waals surface area (Å²) < 4.78 is 14.4. The first kappa shape index (κ1) is 14.6. The molecule has 3 aromatic rings. The van der Waals surface area contributed by atoms with Gasteiger partial charge >= 0.3 is 0 Å². The molecular formula is C21H17FN2. The van der Waals surface area contributed by atoms with Gasteiger partial charge in [-0.3, -0.25) is 5.01 Å². The highest BCUT2D eigenvalue weighted by atomic mass is 19.1. The standard InChI is InChI=1S/C21H17FN2/c22-19-14-8-7-13-18(19)21-15-20(16-9-3-1-4-10-16)23-24(21)17-11-5-2-6-12-17/h1-14,21H,15H2. The molecule has 1 heterocycles. The van der Waals surface area contributed by atoms with Gasteiger partial charge in [-0.25, -0.2) is 4.39 Å². The molecule has 1 atom stereocenters. The Bertz CT molecular complexity index is 859. The molecule has 118 valence electrons. The van der Waals surface area contributed by atoms with Gasteiger partial charge in [0.1, 0.15) is 5.82 Å². The molecule has 24 heavy (non-hydrogen) atoms. The lowest BCUT2D eigenvalue weighted by atomic mass is 9.98. The van der Waals surface area contributed by atoms with Crippen molar-refractivity contribution < 1.29 is 4.39 Å². The predicted octanol–water partition coefficient (Wildman–Crippen LogP) is 5.18. The van der Waals surface area contributed by atoms with E-state index in [4.69, 9.17) is 5.10 Å². The van der Waals surface area contributed by atoms with Gasteiger partial charge < -0.3 is 0 Å². The lowest BCUT2D eigenvalue weighted by Crippen LogP contribution is -2.19. The van der Waals surface area contributed by atoms with Gasteiger partial charge in [-0.1, -0.05) is 66.7 Å². The van der Waals surface area contributed by atoms with Crippen molar-refractivity contribution in [1.82, 2.24) is 0 Å². The van der Waals surface area contributed by atoms with Crippen molar-refractivity contribution in [3.63, 3.8) is 0 Å². The van der Waals surface area contributed by atoms with E-state index in [0.717, 1.165) is 17.0 Å². The molecule has 0 aromatic heterocycles. The van der Waals surface area contributed by atoms with Gasteiger partial charge in [0.15, 0.2) is 0 Å². The van der Waals surface area contributed by atoms with E-state index in [9.17, 15) is 4.39 Å². The van der Waals surface area contributed by atoms with E-state index in [-0.39, 0.29) is 11.9 Å². The molecule has 0 spiro atoms. The summed E-state index contributed by atoms with van der Waals surface area (Å²) in [5, 5.41) is 6.74. The van der Waals surface area contributed by atoms with Crippen LogP contribution >= 0.6 is 0 Å². The zero-order valence-corrected chi connectivity index (χ0v) is 13.1. The van der Waals surface area contributed by atoms with Crippen LogP contribution in [-0.4, -0.2) is 5.71 Å². The summed E-state index contributed by atoms with van der Waals surface area (Å²) in [6, 6.07) is 26.8. The second kappa shape index (κ2) is 6.28. The van der Waals surface area contributed by atoms with Gasteiger partial charge in [0.2, 0.25) is 0 Å². The normalized spacial score (nSPS) is 17.0. The number of hydrazone groups is 1. The third kappa shape index (κ3) is 2.69. The minimum absolute atomic E-state index is 0.135. The molecule has 1 aliphatic rings. The maximum atomic E-state index is 14.4. The van der Waals surface area contributed by atoms with Crippen LogP contribution in [0.5, 0.6) is 0 Å². The predicted molar refractivity (Wildman–Crippen MR) is 95.7 cm³/mol. The Hall–Kier alpha value is -2.94. The second-order valence-electron chi connectivity index (χ2n) is 5.83. The molecule has 0 radical (unpaired) electrons. The third-order valence-corrected chi connectivity index (χ3v) is 4.30. The van der Waals surface area contributed by atoms with E-state index in [2.05, 4.69) is 0 Å². The van der Waals surface area contributed by atoms with Crippen LogP contribution in [0, 0.1) is 5.82 Å². The van der Waals surface area contributed by atoms with Crippen LogP contribution in [-0.2, 0) is 0 Å². The van der Waals surface area contributed by atoms with Crippen molar-refractivity contribution in [3.8, 4) is 0 Å². The van der Waals surface area contributed by atoms with Crippen molar-refractivity contribution in [2.24, 2.45) is 5.10 Å². The molecule has 1 unspecified atom stereocenters. The number of hydrogen-bond donors (Lipinski definition) is 0. The zero-order valence-electron chi connectivity index (χ0n) is 13.1. The first-order valence-electron chi connectivity index (χ1n) is 8.04. The Morgan fingerprint density at radius 1 is 0.792 bits per heavy atom. The monoisotopic (exact) mass is 316 g/mol. The molecule has 1 aliphatic heterocycles. The van der Waals surface area contributed by atoms with Gasteiger partial charge in [-0.2, -0.15) is 5.10 Å². The van der Waals surface area contributed by atoms with Crippen LogP contribution in [0.15, 0.2) is 90.0 Å². The first-order chi connectivity index (χ1) is 11.8. The van der Waals surface area contributed by atoms with Crippen molar-refractivity contribution >= 4 is 11.4 Å². The Morgan fingerprint density at radius 2 is 1.42 bits per heavy atom. The molecule has 3 aromatic carbocycles. The fourth-order valence-corrected chi connectivity index (χ4v) is 3.12. The molecular weight excluding hydrogens is 299 g/mol. The van der Waals surface area contributed by atoms with E-state index in [1.165, 1.54) is 6.07 Å². The topological polar surface area (TPSA) is 15.6 Å². The Kier molecular flexibility index (Phi) is 3.83. The fraction of sp³-hybridized carbons (Fsp3) is 0.0952. The molecule has 0 saturated carbocycles. The number of halogens is 1. The average molecular weight is 316 g/mol. The van der Waals surface area contributed by atoms with E-state index >= 15 is 0 Å². The number of nitrogens with zero attached hydrogens (tertiary/aromatic N) is 2. The molecule has 3 heteroatoms. The molecule has 2 nitrogen and oxygen atoms in total. The van der Waals surface area contributed by atoms with E-state index in [0.29, 0.717) is 12.0 Å². The van der Waals surface area contributed by atoms with Gasteiger partial charge in [0.05, 0.1) is 17.4 Å². The van der Waals surface area contributed by atoms with Crippen molar-refractivity contribution in [2.45, 2.75) is 12.5 Å². The molecule has 0 fully saturated rings. The highest BCUT2D eigenvalue weighted by Crippen LogP contribution is 2.37. The molecule has 0 N–H and O–H groups in total. The quantitative estimate of drug-likeness (QED) is 0.650. The third-order valence-electron chi connectivity index (χ3n) is 4.30. The van der Waals surface area contributed by atoms with E-state index in [1.807, 2.05) is 77.8 Å². The van der Waals surface area contributed by atoms with Crippen LogP contribution in [0.4, 0.5) is 10.1 Å². The van der Waals surface area contributed by atoms with Crippen molar-refractivity contribution in [1.29, 1.82) is 0 Å². The zero-order chi connectivity index (χ0) is 16.4. The number of benzene rings is 3. The summed E-state index contributed by atoms with van der Waals surface area (Å²) in [6.45, 7) is 0. The van der Waals surface area contributed by atoms with Gasteiger partial charge in [-0.05, 0) is 23.8 Å². The minimum atomic E-state index is -0.187. The van der Waals surface area contributed by atoms with Crippen LogP contribution in [0.25, 0.3) is 0 Å². The Morgan fingerprint density at radius 3 is 2.12 bits per heavy atom. The molecule has 0 bridgehead atoms. The Labute approximate surface area is 140 Å². The number of hydrogen-bond acceptors (Lipinski definition) is 2. The number of anilines is 1. The molecule has 0 amide bonds. The first-order valence-corrected chi connectivity index (χ1v) is 8.04. The van der Waals surface area contributed by atoms with E-state index in [1.54, 1.807) is 6.07 Å². The highest BCUT2D eigenvalue weighted by molar-refractivity contribution is 6.03. The molecule has 0 aliphatic carbocycles. The Balaban J connectivity index is 1.78. The van der Waals surface area contributed by atoms with Gasteiger partial charge in [-0.15, -0.1) is 0 Å². The molecule has 0 saturated heterocycles. The lowest BCUT2D eigenvalue weighted by Gasteiger charge is -2.24. The summed E-state index contributed by atoms with van der Waals surface area (Å²) in [7, 11) is 0. The number of rotatable bonds is 3. The van der Waals surface area contributed by atoms with Crippen LogP contribution in [0.3, 0.4) is 0 Å². The summed E-state index contributed by atoms with van der Waals surface area (Å²) in [5.74, 6) is -0.187. The SMILES string of the molecule is Fc1ccccc1C1CC(c2ccccc2)=NN1c1ccccc1. The average Bonchev–Trinajstić information content (AvgIpc) is 3.09. The summed E-state index contributed by atoms with van der Waals surface area (Å²) in [6.07, 6.45) is 0.680. The van der Waals surface area contributed by atoms with Crippen molar-refractivity contribution in [3.05, 3.63) is 102 Å². The highest BCUT2D eigenvalue weighted by Gasteiger charge is 2.31. The molecule has 4 rings (SSSR count). The van der Waals surface area contributed by atoms with Crippen molar-refractivity contribution in [2.75, 3.05) is 5.01 Å².